The fourth-order valence-corrected chi connectivity index (χ4v) is 1.78. The summed E-state index contributed by atoms with van der Waals surface area (Å²) in [6.07, 6.45) is 2.48. The van der Waals surface area contributed by atoms with E-state index in [1.54, 1.807) is 11.8 Å². The first kappa shape index (κ1) is 14.6. The average Bonchev–Trinajstić information content (AvgIpc) is 2.37. The maximum absolute atomic E-state index is 11.6. The number of carbonyl (C=O) groups excluding carboxylic acids is 1. The van der Waals surface area contributed by atoms with Gasteiger partial charge in [-0.3, -0.25) is 4.79 Å². The minimum absolute atomic E-state index is 0.00858. The van der Waals surface area contributed by atoms with Crippen LogP contribution in [0.5, 0.6) is 0 Å². The summed E-state index contributed by atoms with van der Waals surface area (Å²) in [6, 6.07) is 5.59. The van der Waals surface area contributed by atoms with Gasteiger partial charge in [-0.25, -0.2) is 0 Å². The van der Waals surface area contributed by atoms with Crippen LogP contribution in [0.15, 0.2) is 18.2 Å². The topological polar surface area (TPSA) is 49.3 Å². The SMILES string of the molecule is CSCCC(=O)Nc1ccc(C)c(C#CCO)c1. The lowest BCUT2D eigenvalue weighted by molar-refractivity contribution is -0.115. The lowest BCUT2D eigenvalue weighted by Crippen LogP contribution is -2.12. The Labute approximate surface area is 112 Å². The molecule has 4 heteroatoms. The van der Waals surface area contributed by atoms with Crippen LogP contribution in [0.2, 0.25) is 0 Å². The number of aryl methyl sites for hydroxylation is 1. The molecule has 0 spiro atoms. The number of thioether (sulfide) groups is 1. The van der Waals surface area contributed by atoms with Crippen LogP contribution < -0.4 is 5.32 Å². The van der Waals surface area contributed by atoms with Gasteiger partial charge in [0.1, 0.15) is 6.61 Å². The van der Waals surface area contributed by atoms with Crippen molar-refractivity contribution in [1.82, 2.24) is 0 Å². The van der Waals surface area contributed by atoms with E-state index < -0.39 is 0 Å². The van der Waals surface area contributed by atoms with Crippen LogP contribution >= 0.6 is 11.8 Å². The molecule has 0 aliphatic heterocycles. The molecule has 1 aromatic rings. The molecule has 0 atom stereocenters. The van der Waals surface area contributed by atoms with Crippen molar-refractivity contribution < 1.29 is 9.90 Å². The number of carbonyl (C=O) groups is 1. The van der Waals surface area contributed by atoms with Gasteiger partial charge >= 0.3 is 0 Å². The van der Waals surface area contributed by atoms with Gasteiger partial charge in [-0.1, -0.05) is 17.9 Å². The first-order chi connectivity index (χ1) is 8.67. The molecule has 1 rings (SSSR count). The van der Waals surface area contributed by atoms with Crippen LogP contribution in [0, 0.1) is 18.8 Å². The number of benzene rings is 1. The normalized spacial score (nSPS) is 9.50. The summed E-state index contributed by atoms with van der Waals surface area (Å²) in [6.45, 7) is 1.78. The molecule has 0 saturated heterocycles. The minimum Gasteiger partial charge on any atom is -0.384 e. The molecular weight excluding hydrogens is 246 g/mol. The van der Waals surface area contributed by atoms with E-state index in [0.717, 1.165) is 22.6 Å². The van der Waals surface area contributed by atoms with Crippen molar-refractivity contribution in [2.45, 2.75) is 13.3 Å². The number of nitrogens with one attached hydrogen (secondary N) is 1. The third-order valence-corrected chi connectivity index (χ3v) is 2.97. The van der Waals surface area contributed by atoms with Crippen molar-refractivity contribution >= 4 is 23.4 Å². The zero-order valence-corrected chi connectivity index (χ0v) is 11.4. The highest BCUT2D eigenvalue weighted by Gasteiger charge is 2.03. The molecule has 0 aromatic heterocycles. The van der Waals surface area contributed by atoms with Gasteiger partial charge in [-0.05, 0) is 30.9 Å². The second-order valence-electron chi connectivity index (χ2n) is 3.78. The smallest absolute Gasteiger partial charge is 0.225 e. The van der Waals surface area contributed by atoms with E-state index in [1.165, 1.54) is 0 Å². The average molecular weight is 263 g/mol. The molecule has 0 saturated carbocycles. The Morgan fingerprint density at radius 1 is 1.50 bits per heavy atom. The summed E-state index contributed by atoms with van der Waals surface area (Å²) >= 11 is 1.65. The van der Waals surface area contributed by atoms with Crippen molar-refractivity contribution in [3.8, 4) is 11.8 Å². The fourth-order valence-electron chi connectivity index (χ4n) is 1.39. The maximum atomic E-state index is 11.6. The number of aliphatic hydroxyl groups is 1. The van der Waals surface area contributed by atoms with Crippen molar-refractivity contribution in [3.63, 3.8) is 0 Å². The third-order valence-electron chi connectivity index (χ3n) is 2.36. The second-order valence-corrected chi connectivity index (χ2v) is 4.77. The van der Waals surface area contributed by atoms with Gasteiger partial charge in [0.15, 0.2) is 0 Å². The van der Waals surface area contributed by atoms with Crippen LogP contribution in [0.3, 0.4) is 0 Å². The molecule has 0 heterocycles. The molecule has 18 heavy (non-hydrogen) atoms. The zero-order valence-electron chi connectivity index (χ0n) is 10.6. The summed E-state index contributed by atoms with van der Waals surface area (Å²) < 4.78 is 0. The summed E-state index contributed by atoms with van der Waals surface area (Å²) in [4.78, 5) is 11.6. The monoisotopic (exact) mass is 263 g/mol. The van der Waals surface area contributed by atoms with Crippen molar-refractivity contribution in [2.75, 3.05) is 23.9 Å². The Morgan fingerprint density at radius 3 is 2.94 bits per heavy atom. The van der Waals surface area contributed by atoms with Crippen LogP contribution in [-0.4, -0.2) is 29.6 Å². The van der Waals surface area contributed by atoms with Crippen molar-refractivity contribution in [1.29, 1.82) is 0 Å². The summed E-state index contributed by atoms with van der Waals surface area (Å²) in [5, 5.41) is 11.5. The standard InChI is InChI=1S/C14H17NO2S/c1-11-5-6-13(10-12(11)4-3-8-16)15-14(17)7-9-18-2/h5-6,10,16H,7-9H2,1-2H3,(H,15,17). The molecule has 1 amide bonds. The molecule has 0 bridgehead atoms. The molecule has 0 aliphatic rings. The summed E-state index contributed by atoms with van der Waals surface area (Å²) in [5.41, 5.74) is 2.60. The number of rotatable bonds is 4. The highest BCUT2D eigenvalue weighted by molar-refractivity contribution is 7.98. The van der Waals surface area contributed by atoms with E-state index >= 15 is 0 Å². The van der Waals surface area contributed by atoms with Gasteiger partial charge < -0.3 is 10.4 Å². The second kappa shape index (κ2) is 7.80. The van der Waals surface area contributed by atoms with Gasteiger partial charge in [0, 0.05) is 23.4 Å². The number of hydrogen-bond donors (Lipinski definition) is 2. The van der Waals surface area contributed by atoms with Gasteiger partial charge in [-0.2, -0.15) is 11.8 Å². The van der Waals surface area contributed by atoms with E-state index in [-0.39, 0.29) is 12.5 Å². The Kier molecular flexibility index (Phi) is 6.34. The predicted molar refractivity (Wildman–Crippen MR) is 76.8 cm³/mol. The molecule has 0 fully saturated rings. The first-order valence-corrected chi connectivity index (χ1v) is 7.06. The number of hydrogen-bond acceptors (Lipinski definition) is 3. The largest absolute Gasteiger partial charge is 0.384 e. The van der Waals surface area contributed by atoms with Crippen molar-refractivity contribution in [3.05, 3.63) is 29.3 Å². The number of anilines is 1. The van der Waals surface area contributed by atoms with Crippen molar-refractivity contribution in [2.24, 2.45) is 0 Å². The highest BCUT2D eigenvalue weighted by atomic mass is 32.2. The highest BCUT2D eigenvalue weighted by Crippen LogP contribution is 2.15. The molecule has 96 valence electrons. The van der Waals surface area contributed by atoms with Gasteiger partial charge in [-0.15, -0.1) is 0 Å². The molecule has 3 nitrogen and oxygen atoms in total. The van der Waals surface area contributed by atoms with E-state index in [0.29, 0.717) is 6.42 Å². The molecule has 2 N–H and O–H groups in total. The Bertz CT molecular complexity index is 474. The fraction of sp³-hybridized carbons (Fsp3) is 0.357. The lowest BCUT2D eigenvalue weighted by atomic mass is 10.1. The maximum Gasteiger partial charge on any atom is 0.225 e. The van der Waals surface area contributed by atoms with Gasteiger partial charge in [0.25, 0.3) is 0 Å². The van der Waals surface area contributed by atoms with E-state index in [2.05, 4.69) is 17.2 Å². The van der Waals surface area contributed by atoms with Crippen LogP contribution in [0.25, 0.3) is 0 Å². The molecule has 1 aromatic carbocycles. The quantitative estimate of drug-likeness (QED) is 0.817. The van der Waals surface area contributed by atoms with Crippen LogP contribution in [0.4, 0.5) is 5.69 Å². The van der Waals surface area contributed by atoms with E-state index in [4.69, 9.17) is 5.11 Å². The number of amides is 1. The Balaban J connectivity index is 2.75. The van der Waals surface area contributed by atoms with Gasteiger partial charge in [0.05, 0.1) is 0 Å². The van der Waals surface area contributed by atoms with Crippen LogP contribution in [0.1, 0.15) is 17.5 Å². The Morgan fingerprint density at radius 2 is 2.28 bits per heavy atom. The summed E-state index contributed by atoms with van der Waals surface area (Å²) in [5.74, 6) is 6.30. The summed E-state index contributed by atoms with van der Waals surface area (Å²) in [7, 11) is 0. The predicted octanol–water partition coefficient (Wildman–Crippen LogP) is 2.03. The van der Waals surface area contributed by atoms with Crippen LogP contribution in [-0.2, 0) is 4.79 Å². The zero-order chi connectivity index (χ0) is 13.4. The Hall–Kier alpha value is -1.44. The van der Waals surface area contributed by atoms with E-state index in [1.807, 2.05) is 31.4 Å². The molecular formula is C14H17NO2S. The van der Waals surface area contributed by atoms with Gasteiger partial charge in [0.2, 0.25) is 5.91 Å². The third kappa shape index (κ3) is 4.82. The first-order valence-electron chi connectivity index (χ1n) is 5.66. The lowest BCUT2D eigenvalue weighted by Gasteiger charge is -2.06. The van der Waals surface area contributed by atoms with E-state index in [9.17, 15) is 4.79 Å². The molecule has 0 radical (unpaired) electrons. The minimum atomic E-state index is -0.163. The number of aliphatic hydroxyl groups excluding tert-OH is 1. The molecule has 0 unspecified atom stereocenters. The molecule has 0 aliphatic carbocycles.